The first kappa shape index (κ1) is 14.0. The molecular formula is C14H29NO. The summed E-state index contributed by atoms with van der Waals surface area (Å²) in [5, 5.41) is 3.37. The van der Waals surface area contributed by atoms with Gasteiger partial charge in [0.15, 0.2) is 0 Å². The first-order chi connectivity index (χ1) is 7.88. The van der Waals surface area contributed by atoms with Crippen LogP contribution >= 0.6 is 0 Å². The molecule has 2 nitrogen and oxygen atoms in total. The van der Waals surface area contributed by atoms with Crippen LogP contribution in [0.2, 0.25) is 0 Å². The van der Waals surface area contributed by atoms with Crippen molar-refractivity contribution in [1.82, 2.24) is 5.32 Å². The van der Waals surface area contributed by atoms with Crippen LogP contribution in [0, 0.1) is 11.8 Å². The Kier molecular flexibility index (Phi) is 7.87. The summed E-state index contributed by atoms with van der Waals surface area (Å²) in [7, 11) is 2.09. The molecule has 1 aliphatic rings. The molecule has 1 rings (SSSR count). The third-order valence-electron chi connectivity index (χ3n) is 3.85. The molecule has 0 aromatic rings. The van der Waals surface area contributed by atoms with Gasteiger partial charge in [0.25, 0.3) is 0 Å². The van der Waals surface area contributed by atoms with Crippen molar-refractivity contribution in [3.05, 3.63) is 0 Å². The fourth-order valence-electron chi connectivity index (χ4n) is 2.96. The van der Waals surface area contributed by atoms with Crippen molar-refractivity contribution < 1.29 is 4.74 Å². The van der Waals surface area contributed by atoms with E-state index in [9.17, 15) is 0 Å². The molecule has 0 saturated heterocycles. The summed E-state index contributed by atoms with van der Waals surface area (Å²) in [5.74, 6) is 1.85. The molecule has 16 heavy (non-hydrogen) atoms. The van der Waals surface area contributed by atoms with E-state index in [0.717, 1.165) is 25.0 Å². The monoisotopic (exact) mass is 227 g/mol. The SMILES string of the molecule is CCOCCCC1CCCCCC1CNC. The van der Waals surface area contributed by atoms with Gasteiger partial charge in [-0.05, 0) is 51.6 Å². The molecule has 0 heterocycles. The Morgan fingerprint density at radius 2 is 1.88 bits per heavy atom. The second-order valence-corrected chi connectivity index (χ2v) is 5.05. The molecule has 2 unspecified atom stereocenters. The molecular weight excluding hydrogens is 198 g/mol. The number of ether oxygens (including phenoxy) is 1. The number of nitrogens with one attached hydrogen (secondary N) is 1. The lowest BCUT2D eigenvalue weighted by Crippen LogP contribution is -2.25. The lowest BCUT2D eigenvalue weighted by molar-refractivity contribution is 0.134. The highest BCUT2D eigenvalue weighted by molar-refractivity contribution is 4.75. The van der Waals surface area contributed by atoms with E-state index in [1.807, 2.05) is 0 Å². The first-order valence-electron chi connectivity index (χ1n) is 7.10. The third kappa shape index (κ3) is 5.31. The Morgan fingerprint density at radius 1 is 1.12 bits per heavy atom. The van der Waals surface area contributed by atoms with E-state index >= 15 is 0 Å². The third-order valence-corrected chi connectivity index (χ3v) is 3.85. The molecule has 2 atom stereocenters. The van der Waals surface area contributed by atoms with E-state index in [4.69, 9.17) is 4.74 Å². The second-order valence-electron chi connectivity index (χ2n) is 5.05. The van der Waals surface area contributed by atoms with Crippen molar-refractivity contribution in [2.24, 2.45) is 11.8 Å². The van der Waals surface area contributed by atoms with Crippen molar-refractivity contribution in [1.29, 1.82) is 0 Å². The van der Waals surface area contributed by atoms with Crippen LogP contribution in [-0.2, 0) is 4.74 Å². The molecule has 0 spiro atoms. The van der Waals surface area contributed by atoms with E-state index in [1.54, 1.807) is 0 Å². The summed E-state index contributed by atoms with van der Waals surface area (Å²) in [6.45, 7) is 5.11. The van der Waals surface area contributed by atoms with Crippen molar-refractivity contribution in [2.75, 3.05) is 26.8 Å². The molecule has 0 aliphatic heterocycles. The number of hydrogen-bond acceptors (Lipinski definition) is 2. The van der Waals surface area contributed by atoms with E-state index in [-0.39, 0.29) is 0 Å². The molecule has 0 bridgehead atoms. The quantitative estimate of drug-likeness (QED) is 0.532. The van der Waals surface area contributed by atoms with Gasteiger partial charge in [-0.2, -0.15) is 0 Å². The smallest absolute Gasteiger partial charge is 0.0465 e. The summed E-state index contributed by atoms with van der Waals surface area (Å²) < 4.78 is 5.44. The van der Waals surface area contributed by atoms with Crippen LogP contribution in [-0.4, -0.2) is 26.8 Å². The molecule has 1 saturated carbocycles. The van der Waals surface area contributed by atoms with E-state index < -0.39 is 0 Å². The fourth-order valence-corrected chi connectivity index (χ4v) is 2.96. The Labute approximate surface area is 101 Å². The molecule has 1 fully saturated rings. The number of hydrogen-bond donors (Lipinski definition) is 1. The second kappa shape index (κ2) is 9.00. The molecule has 2 heteroatoms. The maximum Gasteiger partial charge on any atom is 0.0465 e. The summed E-state index contributed by atoms with van der Waals surface area (Å²) in [6, 6.07) is 0. The first-order valence-corrected chi connectivity index (χ1v) is 7.10. The van der Waals surface area contributed by atoms with Gasteiger partial charge in [0.1, 0.15) is 0 Å². The summed E-state index contributed by atoms with van der Waals surface area (Å²) in [6.07, 6.45) is 9.82. The summed E-state index contributed by atoms with van der Waals surface area (Å²) >= 11 is 0. The van der Waals surface area contributed by atoms with Crippen molar-refractivity contribution in [2.45, 2.75) is 51.9 Å². The zero-order valence-electron chi connectivity index (χ0n) is 11.1. The summed E-state index contributed by atoms with van der Waals surface area (Å²) in [4.78, 5) is 0. The van der Waals surface area contributed by atoms with E-state index in [1.165, 1.54) is 51.5 Å². The fraction of sp³-hybridized carbons (Fsp3) is 1.00. The zero-order chi connectivity index (χ0) is 11.6. The highest BCUT2D eigenvalue weighted by Crippen LogP contribution is 2.31. The molecule has 0 amide bonds. The van der Waals surface area contributed by atoms with Gasteiger partial charge in [-0.25, -0.2) is 0 Å². The van der Waals surface area contributed by atoms with Crippen LogP contribution in [0.15, 0.2) is 0 Å². The largest absolute Gasteiger partial charge is 0.382 e. The molecule has 0 aromatic carbocycles. The van der Waals surface area contributed by atoms with Crippen LogP contribution in [0.5, 0.6) is 0 Å². The van der Waals surface area contributed by atoms with Crippen molar-refractivity contribution in [3.8, 4) is 0 Å². The highest BCUT2D eigenvalue weighted by Gasteiger charge is 2.22. The van der Waals surface area contributed by atoms with E-state index in [0.29, 0.717) is 0 Å². The van der Waals surface area contributed by atoms with Gasteiger partial charge >= 0.3 is 0 Å². The minimum absolute atomic E-state index is 0.866. The van der Waals surface area contributed by atoms with Gasteiger partial charge in [-0.1, -0.05) is 25.7 Å². The minimum atomic E-state index is 0.866. The molecule has 1 aliphatic carbocycles. The highest BCUT2D eigenvalue weighted by atomic mass is 16.5. The maximum absolute atomic E-state index is 5.44. The van der Waals surface area contributed by atoms with Gasteiger partial charge in [0.2, 0.25) is 0 Å². The topological polar surface area (TPSA) is 21.3 Å². The van der Waals surface area contributed by atoms with E-state index in [2.05, 4.69) is 19.3 Å². The van der Waals surface area contributed by atoms with Gasteiger partial charge < -0.3 is 10.1 Å². The predicted octanol–water partition coefficient (Wildman–Crippen LogP) is 3.22. The average Bonchev–Trinajstić information content (AvgIpc) is 2.51. The Balaban J connectivity index is 2.26. The van der Waals surface area contributed by atoms with Gasteiger partial charge in [0, 0.05) is 13.2 Å². The molecule has 0 aromatic heterocycles. The maximum atomic E-state index is 5.44. The minimum Gasteiger partial charge on any atom is -0.382 e. The van der Waals surface area contributed by atoms with Crippen LogP contribution in [0.4, 0.5) is 0 Å². The van der Waals surface area contributed by atoms with Crippen LogP contribution in [0.1, 0.15) is 51.9 Å². The van der Waals surface area contributed by atoms with Crippen LogP contribution < -0.4 is 5.32 Å². The van der Waals surface area contributed by atoms with Crippen LogP contribution in [0.3, 0.4) is 0 Å². The Bertz CT molecular complexity index is 161. The summed E-state index contributed by atoms with van der Waals surface area (Å²) in [5.41, 5.74) is 0. The molecule has 96 valence electrons. The Hall–Kier alpha value is -0.0800. The normalized spacial score (nSPS) is 26.6. The zero-order valence-corrected chi connectivity index (χ0v) is 11.1. The van der Waals surface area contributed by atoms with Crippen molar-refractivity contribution in [3.63, 3.8) is 0 Å². The lowest BCUT2D eigenvalue weighted by Gasteiger charge is -2.24. The predicted molar refractivity (Wildman–Crippen MR) is 69.7 cm³/mol. The molecule has 1 N–H and O–H groups in total. The van der Waals surface area contributed by atoms with Crippen LogP contribution in [0.25, 0.3) is 0 Å². The average molecular weight is 227 g/mol. The number of rotatable bonds is 7. The van der Waals surface area contributed by atoms with Gasteiger partial charge in [-0.15, -0.1) is 0 Å². The Morgan fingerprint density at radius 3 is 2.56 bits per heavy atom. The lowest BCUT2D eigenvalue weighted by atomic mass is 9.84. The molecule has 0 radical (unpaired) electrons. The standard InChI is InChI=1S/C14H29NO/c1-3-16-11-7-10-13-8-5-4-6-9-14(13)12-15-2/h13-15H,3-12H2,1-2H3. The van der Waals surface area contributed by atoms with Crippen molar-refractivity contribution >= 4 is 0 Å². The van der Waals surface area contributed by atoms with Gasteiger partial charge in [-0.3, -0.25) is 0 Å². The van der Waals surface area contributed by atoms with Gasteiger partial charge in [0.05, 0.1) is 0 Å².